The van der Waals surface area contributed by atoms with Crippen LogP contribution in [0.3, 0.4) is 0 Å². The lowest BCUT2D eigenvalue weighted by atomic mass is 9.88. The van der Waals surface area contributed by atoms with E-state index in [1.807, 2.05) is 6.07 Å². The van der Waals surface area contributed by atoms with Gasteiger partial charge in [-0.1, -0.05) is 6.07 Å². The third-order valence-electron chi connectivity index (χ3n) is 5.66. The van der Waals surface area contributed by atoms with Gasteiger partial charge in [-0.15, -0.1) is 0 Å². The summed E-state index contributed by atoms with van der Waals surface area (Å²) in [5.41, 5.74) is 3.83. The molecule has 3 unspecified atom stereocenters. The molecule has 0 spiro atoms. The van der Waals surface area contributed by atoms with E-state index < -0.39 is 0 Å². The van der Waals surface area contributed by atoms with Crippen LogP contribution < -0.4 is 0 Å². The average molecular weight is 350 g/mol. The minimum absolute atomic E-state index is 0.390. The predicted molar refractivity (Wildman–Crippen MR) is 109 cm³/mol. The van der Waals surface area contributed by atoms with Crippen LogP contribution in [0.5, 0.6) is 5.75 Å². The van der Waals surface area contributed by atoms with Gasteiger partial charge >= 0.3 is 0 Å². The lowest BCUT2D eigenvalue weighted by Crippen LogP contribution is -2.31. The van der Waals surface area contributed by atoms with Crippen molar-refractivity contribution in [2.75, 3.05) is 42.3 Å². The number of benzene rings is 1. The molecule has 0 aromatic heterocycles. The molecule has 3 atom stereocenters. The van der Waals surface area contributed by atoms with Crippen molar-refractivity contribution < 1.29 is 5.11 Å². The monoisotopic (exact) mass is 349 g/mol. The second-order valence-electron chi connectivity index (χ2n) is 8.25. The third-order valence-corrected chi connectivity index (χ3v) is 5.66. The van der Waals surface area contributed by atoms with Crippen LogP contribution >= 0.6 is 0 Å². The Labute approximate surface area is 155 Å². The number of phenols is 1. The Morgan fingerprint density at radius 3 is 1.52 bits per heavy atom. The molecule has 0 saturated heterocycles. The number of phenolic OH excluding ortho intramolecular Hbond substituents is 1. The van der Waals surface area contributed by atoms with Gasteiger partial charge in [0.15, 0.2) is 0 Å². The van der Waals surface area contributed by atoms with Crippen molar-refractivity contribution in [3.05, 3.63) is 28.8 Å². The van der Waals surface area contributed by atoms with Crippen LogP contribution in [0.25, 0.3) is 0 Å². The lowest BCUT2D eigenvalue weighted by Gasteiger charge is -2.28. The molecular formula is C21H39N3O. The van der Waals surface area contributed by atoms with Gasteiger partial charge in [-0.3, -0.25) is 0 Å². The van der Waals surface area contributed by atoms with E-state index in [1.54, 1.807) is 0 Å². The summed E-state index contributed by atoms with van der Waals surface area (Å²) in [4.78, 5) is 6.73. The van der Waals surface area contributed by atoms with E-state index in [0.717, 1.165) is 24.8 Å². The van der Waals surface area contributed by atoms with Gasteiger partial charge in [0.2, 0.25) is 0 Å². The molecule has 25 heavy (non-hydrogen) atoms. The molecule has 0 aliphatic carbocycles. The number of likely N-dealkylation sites (N-methyl/N-ethyl adjacent to an activating group) is 3. The molecule has 0 radical (unpaired) electrons. The van der Waals surface area contributed by atoms with E-state index in [4.69, 9.17) is 0 Å². The molecule has 144 valence electrons. The maximum Gasteiger partial charge on any atom is 0.119 e. The summed E-state index contributed by atoms with van der Waals surface area (Å²) in [6, 6.07) is 5.30. The first-order valence-electron chi connectivity index (χ1n) is 9.36. The van der Waals surface area contributed by atoms with Gasteiger partial charge < -0.3 is 19.8 Å². The SMILES string of the molecule is CC(Cc1ccc(O)c(CC(C)N(C)C)c1CC(C)N(C)C)N(C)C. The van der Waals surface area contributed by atoms with Gasteiger partial charge in [0.25, 0.3) is 0 Å². The summed E-state index contributed by atoms with van der Waals surface area (Å²) < 4.78 is 0. The van der Waals surface area contributed by atoms with Gasteiger partial charge in [-0.05, 0) is 105 Å². The summed E-state index contributed by atoms with van der Waals surface area (Å²) in [7, 11) is 12.7. The van der Waals surface area contributed by atoms with Crippen LogP contribution in [-0.4, -0.2) is 80.2 Å². The Morgan fingerprint density at radius 2 is 1.08 bits per heavy atom. The highest BCUT2D eigenvalue weighted by molar-refractivity contribution is 5.46. The van der Waals surface area contributed by atoms with E-state index in [-0.39, 0.29) is 0 Å². The first kappa shape index (κ1) is 21.9. The highest BCUT2D eigenvalue weighted by Crippen LogP contribution is 2.29. The van der Waals surface area contributed by atoms with Crippen LogP contribution in [0.4, 0.5) is 0 Å². The molecule has 0 saturated carbocycles. The summed E-state index contributed by atoms with van der Waals surface area (Å²) in [6.07, 6.45) is 2.84. The van der Waals surface area contributed by atoms with Crippen LogP contribution in [-0.2, 0) is 19.3 Å². The predicted octanol–water partition coefficient (Wildman–Crippen LogP) is 2.87. The van der Waals surface area contributed by atoms with Crippen LogP contribution in [0.1, 0.15) is 37.5 Å². The molecule has 0 amide bonds. The summed E-state index contributed by atoms with van der Waals surface area (Å²) in [5.74, 6) is 0.441. The molecule has 4 heteroatoms. The first-order valence-corrected chi connectivity index (χ1v) is 9.36. The largest absolute Gasteiger partial charge is 0.508 e. The zero-order valence-electron chi connectivity index (χ0n) is 17.8. The van der Waals surface area contributed by atoms with Crippen molar-refractivity contribution in [3.8, 4) is 5.75 Å². The summed E-state index contributed by atoms with van der Waals surface area (Å²) >= 11 is 0. The minimum atomic E-state index is 0.390. The van der Waals surface area contributed by atoms with Crippen molar-refractivity contribution in [2.45, 2.75) is 58.2 Å². The van der Waals surface area contributed by atoms with Crippen LogP contribution in [0.15, 0.2) is 12.1 Å². The van der Waals surface area contributed by atoms with E-state index in [9.17, 15) is 5.11 Å². The fourth-order valence-corrected chi connectivity index (χ4v) is 2.86. The molecule has 0 aliphatic heterocycles. The third kappa shape index (κ3) is 6.28. The quantitative estimate of drug-likeness (QED) is 0.742. The fraction of sp³-hybridized carbons (Fsp3) is 0.714. The van der Waals surface area contributed by atoms with Crippen LogP contribution in [0.2, 0.25) is 0 Å². The molecular weight excluding hydrogens is 310 g/mol. The van der Waals surface area contributed by atoms with Crippen LogP contribution in [0, 0.1) is 0 Å². The molecule has 4 nitrogen and oxygen atoms in total. The normalized spacial score (nSPS) is 15.8. The van der Waals surface area contributed by atoms with Crippen molar-refractivity contribution in [3.63, 3.8) is 0 Å². The van der Waals surface area contributed by atoms with Gasteiger partial charge in [0.1, 0.15) is 5.75 Å². The highest BCUT2D eigenvalue weighted by Gasteiger charge is 2.20. The van der Waals surface area contributed by atoms with Crippen molar-refractivity contribution in [1.82, 2.24) is 14.7 Å². The maximum absolute atomic E-state index is 10.6. The highest BCUT2D eigenvalue weighted by atomic mass is 16.3. The second-order valence-corrected chi connectivity index (χ2v) is 8.25. The minimum Gasteiger partial charge on any atom is -0.508 e. The van der Waals surface area contributed by atoms with E-state index in [0.29, 0.717) is 23.9 Å². The van der Waals surface area contributed by atoms with Crippen molar-refractivity contribution in [2.24, 2.45) is 0 Å². The fourth-order valence-electron chi connectivity index (χ4n) is 2.86. The number of aromatic hydroxyl groups is 1. The number of rotatable bonds is 9. The first-order chi connectivity index (χ1) is 11.5. The Morgan fingerprint density at radius 1 is 0.680 bits per heavy atom. The van der Waals surface area contributed by atoms with Crippen molar-refractivity contribution in [1.29, 1.82) is 0 Å². The molecule has 1 N–H and O–H groups in total. The smallest absolute Gasteiger partial charge is 0.119 e. The Bertz CT molecular complexity index is 540. The molecule has 0 aliphatic rings. The molecule has 0 fully saturated rings. The zero-order valence-corrected chi connectivity index (χ0v) is 17.8. The Hall–Kier alpha value is -1.10. The zero-order chi connectivity index (χ0) is 19.3. The molecule has 0 heterocycles. The van der Waals surface area contributed by atoms with Gasteiger partial charge in [-0.2, -0.15) is 0 Å². The maximum atomic E-state index is 10.6. The van der Waals surface area contributed by atoms with Crippen molar-refractivity contribution >= 4 is 0 Å². The number of hydrogen-bond donors (Lipinski definition) is 1. The Balaban J connectivity index is 3.31. The standard InChI is InChI=1S/C21H39N3O/c1-15(22(4)5)12-18-10-11-21(25)20(14-17(3)24(8)9)19(18)13-16(2)23(6)7/h10-11,15-17,25H,12-14H2,1-9H3. The summed E-state index contributed by atoms with van der Waals surface area (Å²) in [6.45, 7) is 6.73. The molecule has 1 aromatic carbocycles. The number of nitrogens with zero attached hydrogens (tertiary/aromatic N) is 3. The second kappa shape index (κ2) is 9.56. The van der Waals surface area contributed by atoms with Gasteiger partial charge in [0.05, 0.1) is 0 Å². The molecule has 1 aromatic rings. The Kier molecular flexibility index (Phi) is 8.39. The van der Waals surface area contributed by atoms with E-state index in [1.165, 1.54) is 11.1 Å². The van der Waals surface area contributed by atoms with Gasteiger partial charge in [-0.25, -0.2) is 0 Å². The summed E-state index contributed by atoms with van der Waals surface area (Å²) in [5, 5.41) is 10.6. The topological polar surface area (TPSA) is 30.0 Å². The van der Waals surface area contributed by atoms with E-state index in [2.05, 4.69) is 83.8 Å². The van der Waals surface area contributed by atoms with Gasteiger partial charge in [0, 0.05) is 18.1 Å². The number of hydrogen-bond acceptors (Lipinski definition) is 4. The van der Waals surface area contributed by atoms with E-state index >= 15 is 0 Å². The average Bonchev–Trinajstić information content (AvgIpc) is 2.52. The lowest BCUT2D eigenvalue weighted by molar-refractivity contribution is 0.298. The molecule has 1 rings (SSSR count). The molecule has 0 bridgehead atoms.